The molecule has 0 aliphatic carbocycles. The van der Waals surface area contributed by atoms with Crippen molar-refractivity contribution in [2.75, 3.05) is 11.9 Å². The molecule has 2 aromatic carbocycles. The molecule has 1 aromatic heterocycles. The fourth-order valence-corrected chi connectivity index (χ4v) is 2.68. The van der Waals surface area contributed by atoms with Crippen LogP contribution in [0.25, 0.3) is 0 Å². The van der Waals surface area contributed by atoms with E-state index in [4.69, 9.17) is 11.6 Å². The lowest BCUT2D eigenvalue weighted by molar-refractivity contribution is -0.118. The van der Waals surface area contributed by atoms with E-state index in [-0.39, 0.29) is 18.2 Å². The summed E-state index contributed by atoms with van der Waals surface area (Å²) in [6.07, 6.45) is 4.90. The van der Waals surface area contributed by atoms with Crippen LogP contribution < -0.4 is 4.90 Å². The standard InChI is InChI=1S/C19H16ClN3O2/c1-22(18(24)12-23-10-9-21-13-23)17-8-7-15(20)11-16(17)19(25)14-5-3-2-4-6-14/h2-11,13H,12H2,1H3. The van der Waals surface area contributed by atoms with E-state index in [2.05, 4.69) is 4.98 Å². The van der Waals surface area contributed by atoms with Crippen LogP contribution in [0.5, 0.6) is 0 Å². The smallest absolute Gasteiger partial charge is 0.246 e. The fraction of sp³-hybridized carbons (Fsp3) is 0.105. The molecule has 1 heterocycles. The predicted octanol–water partition coefficient (Wildman–Crippen LogP) is 3.43. The normalized spacial score (nSPS) is 10.5. The molecule has 0 spiro atoms. The van der Waals surface area contributed by atoms with Gasteiger partial charge in [0, 0.05) is 35.6 Å². The minimum Gasteiger partial charge on any atom is -0.328 e. The van der Waals surface area contributed by atoms with E-state index in [1.54, 1.807) is 72.8 Å². The molecule has 0 fully saturated rings. The molecule has 0 aliphatic rings. The Labute approximate surface area is 150 Å². The van der Waals surface area contributed by atoms with Crippen molar-refractivity contribution in [2.24, 2.45) is 0 Å². The third-order valence-electron chi connectivity index (χ3n) is 3.85. The molecule has 0 radical (unpaired) electrons. The molecule has 0 aliphatic heterocycles. The molecule has 5 nitrogen and oxygen atoms in total. The van der Waals surface area contributed by atoms with Gasteiger partial charge >= 0.3 is 0 Å². The molecule has 0 bridgehead atoms. The summed E-state index contributed by atoms with van der Waals surface area (Å²) in [5, 5.41) is 0.443. The number of likely N-dealkylation sites (N-methyl/N-ethyl adjacent to an activating group) is 1. The topological polar surface area (TPSA) is 55.2 Å². The van der Waals surface area contributed by atoms with E-state index in [1.165, 1.54) is 4.90 Å². The highest BCUT2D eigenvalue weighted by Gasteiger charge is 2.20. The monoisotopic (exact) mass is 353 g/mol. The number of benzene rings is 2. The van der Waals surface area contributed by atoms with Crippen molar-refractivity contribution in [3.8, 4) is 0 Å². The quantitative estimate of drug-likeness (QED) is 0.660. The van der Waals surface area contributed by atoms with Gasteiger partial charge in [-0.3, -0.25) is 9.59 Å². The number of aromatic nitrogens is 2. The lowest BCUT2D eigenvalue weighted by atomic mass is 10.0. The lowest BCUT2D eigenvalue weighted by Crippen LogP contribution is -2.31. The van der Waals surface area contributed by atoms with Gasteiger partial charge in [0.1, 0.15) is 6.54 Å². The van der Waals surface area contributed by atoms with Crippen molar-refractivity contribution in [3.63, 3.8) is 0 Å². The first kappa shape index (κ1) is 16.9. The number of amides is 1. The van der Waals surface area contributed by atoms with Crippen molar-refractivity contribution < 1.29 is 9.59 Å². The number of imidazole rings is 1. The Kier molecular flexibility index (Phi) is 4.95. The number of anilines is 1. The van der Waals surface area contributed by atoms with Crippen LogP contribution in [0.1, 0.15) is 15.9 Å². The van der Waals surface area contributed by atoms with Gasteiger partial charge in [-0.2, -0.15) is 0 Å². The number of nitrogens with zero attached hydrogens (tertiary/aromatic N) is 3. The fourth-order valence-electron chi connectivity index (χ4n) is 2.50. The predicted molar refractivity (Wildman–Crippen MR) is 97.0 cm³/mol. The molecule has 25 heavy (non-hydrogen) atoms. The van der Waals surface area contributed by atoms with Gasteiger partial charge in [0.25, 0.3) is 0 Å². The Morgan fingerprint density at radius 1 is 1.16 bits per heavy atom. The third kappa shape index (κ3) is 3.78. The summed E-state index contributed by atoms with van der Waals surface area (Å²) in [5.74, 6) is -0.345. The largest absolute Gasteiger partial charge is 0.328 e. The van der Waals surface area contributed by atoms with Crippen LogP contribution in [0.15, 0.2) is 67.3 Å². The zero-order valence-electron chi connectivity index (χ0n) is 13.6. The highest BCUT2D eigenvalue weighted by molar-refractivity contribution is 6.31. The zero-order chi connectivity index (χ0) is 17.8. The summed E-state index contributed by atoms with van der Waals surface area (Å²) in [6.45, 7) is 0.137. The van der Waals surface area contributed by atoms with Gasteiger partial charge in [0.05, 0.1) is 12.0 Å². The van der Waals surface area contributed by atoms with Crippen LogP contribution in [0.2, 0.25) is 5.02 Å². The van der Waals surface area contributed by atoms with Crippen molar-refractivity contribution in [1.82, 2.24) is 9.55 Å². The van der Waals surface area contributed by atoms with Gasteiger partial charge in [-0.25, -0.2) is 4.98 Å². The van der Waals surface area contributed by atoms with Crippen LogP contribution in [-0.2, 0) is 11.3 Å². The number of hydrogen-bond donors (Lipinski definition) is 0. The summed E-state index contributed by atoms with van der Waals surface area (Å²) in [4.78, 5) is 30.8. The Bertz CT molecular complexity index is 892. The Morgan fingerprint density at radius 2 is 1.92 bits per heavy atom. The van der Waals surface area contributed by atoms with Gasteiger partial charge in [-0.1, -0.05) is 41.9 Å². The average molecular weight is 354 g/mol. The molecule has 0 saturated carbocycles. The Hall–Kier alpha value is -2.92. The summed E-state index contributed by atoms with van der Waals surface area (Å²) in [6, 6.07) is 13.9. The summed E-state index contributed by atoms with van der Waals surface area (Å²) < 4.78 is 1.67. The molecule has 3 aromatic rings. The van der Waals surface area contributed by atoms with Crippen LogP contribution in [0, 0.1) is 0 Å². The highest BCUT2D eigenvalue weighted by Crippen LogP contribution is 2.26. The van der Waals surface area contributed by atoms with Gasteiger partial charge in [-0.05, 0) is 18.2 Å². The van der Waals surface area contributed by atoms with E-state index < -0.39 is 0 Å². The maximum Gasteiger partial charge on any atom is 0.246 e. The molecule has 0 N–H and O–H groups in total. The van der Waals surface area contributed by atoms with E-state index in [0.29, 0.717) is 21.8 Å². The molecule has 0 atom stereocenters. The van der Waals surface area contributed by atoms with E-state index >= 15 is 0 Å². The van der Waals surface area contributed by atoms with E-state index in [9.17, 15) is 9.59 Å². The van der Waals surface area contributed by atoms with Crippen LogP contribution in [0.4, 0.5) is 5.69 Å². The molecule has 126 valence electrons. The molecule has 0 saturated heterocycles. The molecule has 1 amide bonds. The number of rotatable bonds is 5. The van der Waals surface area contributed by atoms with Gasteiger partial charge in [0.15, 0.2) is 5.78 Å². The Balaban J connectivity index is 1.93. The van der Waals surface area contributed by atoms with Crippen LogP contribution in [-0.4, -0.2) is 28.3 Å². The van der Waals surface area contributed by atoms with Crippen molar-refractivity contribution >= 4 is 29.0 Å². The van der Waals surface area contributed by atoms with Crippen molar-refractivity contribution in [3.05, 3.63) is 83.4 Å². The number of halogens is 1. The maximum atomic E-state index is 12.9. The zero-order valence-corrected chi connectivity index (χ0v) is 14.3. The molecular weight excluding hydrogens is 338 g/mol. The number of carbonyl (C=O) groups is 2. The van der Waals surface area contributed by atoms with Gasteiger partial charge < -0.3 is 9.47 Å². The number of hydrogen-bond acceptors (Lipinski definition) is 3. The highest BCUT2D eigenvalue weighted by atomic mass is 35.5. The number of ketones is 1. The summed E-state index contributed by atoms with van der Waals surface area (Å²) in [5.41, 5.74) is 1.45. The van der Waals surface area contributed by atoms with Gasteiger partial charge in [0.2, 0.25) is 5.91 Å². The van der Waals surface area contributed by atoms with Crippen LogP contribution in [0.3, 0.4) is 0 Å². The van der Waals surface area contributed by atoms with Crippen molar-refractivity contribution in [2.45, 2.75) is 6.54 Å². The first-order valence-corrected chi connectivity index (χ1v) is 8.05. The van der Waals surface area contributed by atoms with E-state index in [0.717, 1.165) is 0 Å². The minimum absolute atomic E-state index is 0.137. The third-order valence-corrected chi connectivity index (χ3v) is 4.09. The molecule has 3 rings (SSSR count). The second-order valence-electron chi connectivity index (χ2n) is 5.54. The molecular formula is C19H16ClN3O2. The first-order valence-electron chi connectivity index (χ1n) is 7.68. The number of carbonyl (C=O) groups excluding carboxylic acids is 2. The van der Waals surface area contributed by atoms with E-state index in [1.807, 2.05) is 6.07 Å². The van der Waals surface area contributed by atoms with Gasteiger partial charge in [-0.15, -0.1) is 0 Å². The minimum atomic E-state index is -0.180. The average Bonchev–Trinajstić information content (AvgIpc) is 3.14. The second kappa shape index (κ2) is 7.32. The maximum absolute atomic E-state index is 12.9. The second-order valence-corrected chi connectivity index (χ2v) is 5.98. The SMILES string of the molecule is CN(C(=O)Cn1ccnc1)c1ccc(Cl)cc1C(=O)c1ccccc1. The summed E-state index contributed by atoms with van der Waals surface area (Å²) >= 11 is 6.08. The van der Waals surface area contributed by atoms with Crippen molar-refractivity contribution in [1.29, 1.82) is 0 Å². The van der Waals surface area contributed by atoms with Crippen LogP contribution >= 0.6 is 11.6 Å². The summed E-state index contributed by atoms with van der Waals surface area (Å²) in [7, 11) is 1.64. The lowest BCUT2D eigenvalue weighted by Gasteiger charge is -2.21. The molecule has 0 unspecified atom stereocenters. The first-order chi connectivity index (χ1) is 12.1. The Morgan fingerprint density at radius 3 is 2.60 bits per heavy atom. The molecule has 6 heteroatoms.